The number of nitrogens with one attached hydrogen (secondary N) is 1. The van der Waals surface area contributed by atoms with Gasteiger partial charge in [-0.25, -0.2) is 0 Å². The van der Waals surface area contributed by atoms with Gasteiger partial charge in [-0.3, -0.25) is 0 Å². The molecule has 0 aliphatic rings. The Bertz CT molecular complexity index is 478. The highest BCUT2D eigenvalue weighted by atomic mass is 79.9. The lowest BCUT2D eigenvalue weighted by Crippen LogP contribution is -2.22. The Morgan fingerprint density at radius 3 is 2.61 bits per heavy atom. The number of hydrogen-bond donors (Lipinski definition) is 1. The van der Waals surface area contributed by atoms with Gasteiger partial charge >= 0.3 is 0 Å². The van der Waals surface area contributed by atoms with Crippen molar-refractivity contribution >= 4 is 38.9 Å². The summed E-state index contributed by atoms with van der Waals surface area (Å²) in [6.07, 6.45) is 0.984. The summed E-state index contributed by atoms with van der Waals surface area (Å²) in [6.45, 7) is 3.08. The predicted octanol–water partition coefficient (Wildman–Crippen LogP) is 5.06. The van der Waals surface area contributed by atoms with E-state index in [1.54, 1.807) is 11.3 Å². The zero-order valence-corrected chi connectivity index (χ0v) is 13.3. The molecule has 0 saturated heterocycles. The largest absolute Gasteiger partial charge is 0.309 e. The normalized spacial score (nSPS) is 12.6. The number of halogens is 2. The first kappa shape index (κ1) is 14.1. The second-order valence-corrected chi connectivity index (χ2v) is 6.88. The first-order valence-corrected chi connectivity index (χ1v) is 7.91. The van der Waals surface area contributed by atoms with E-state index >= 15 is 0 Å². The molecule has 0 radical (unpaired) electrons. The Morgan fingerprint density at radius 1 is 1.33 bits per heavy atom. The Hall–Kier alpha value is -0.350. The molecule has 1 atom stereocenters. The topological polar surface area (TPSA) is 12.0 Å². The van der Waals surface area contributed by atoms with Gasteiger partial charge in [0.15, 0.2) is 0 Å². The maximum absolute atomic E-state index is 6.11. The van der Waals surface area contributed by atoms with Gasteiger partial charge in [0, 0.05) is 10.9 Å². The first-order valence-electron chi connectivity index (χ1n) is 5.92. The number of thiophene rings is 1. The molecule has 2 aromatic rings. The van der Waals surface area contributed by atoms with Crippen LogP contribution < -0.4 is 5.32 Å². The molecule has 0 saturated carbocycles. The third kappa shape index (κ3) is 3.58. The van der Waals surface area contributed by atoms with Crippen molar-refractivity contribution in [3.63, 3.8) is 0 Å². The van der Waals surface area contributed by atoms with Crippen molar-refractivity contribution in [1.29, 1.82) is 0 Å². The second-order valence-electron chi connectivity index (χ2n) is 4.07. The van der Waals surface area contributed by atoms with Crippen LogP contribution in [0, 0.1) is 0 Å². The summed E-state index contributed by atoms with van der Waals surface area (Å²) in [5, 5.41) is 4.32. The minimum absolute atomic E-state index is 0.325. The lowest BCUT2D eigenvalue weighted by molar-refractivity contribution is 0.558. The minimum atomic E-state index is 0.325. The highest BCUT2D eigenvalue weighted by Crippen LogP contribution is 2.36. The van der Waals surface area contributed by atoms with Gasteiger partial charge in [0.1, 0.15) is 0 Å². The maximum Gasteiger partial charge on any atom is 0.0887 e. The van der Waals surface area contributed by atoms with Gasteiger partial charge in [0.25, 0.3) is 0 Å². The van der Waals surface area contributed by atoms with Crippen LogP contribution in [0.4, 0.5) is 0 Å². The lowest BCUT2D eigenvalue weighted by Gasteiger charge is -2.16. The molecule has 1 aromatic carbocycles. The van der Waals surface area contributed by atoms with Crippen LogP contribution in [0.1, 0.15) is 23.4 Å². The van der Waals surface area contributed by atoms with Crippen LogP contribution in [0.15, 0.2) is 40.2 Å². The van der Waals surface area contributed by atoms with Crippen LogP contribution >= 0.6 is 38.9 Å². The number of hydrogen-bond acceptors (Lipinski definition) is 2. The summed E-state index contributed by atoms with van der Waals surface area (Å²) in [6, 6.07) is 12.9. The second kappa shape index (κ2) is 6.71. The summed E-state index contributed by atoms with van der Waals surface area (Å²) in [7, 11) is 0. The molecule has 0 amide bonds. The highest BCUT2D eigenvalue weighted by molar-refractivity contribution is 9.11. The molecule has 18 heavy (non-hydrogen) atoms. The highest BCUT2D eigenvalue weighted by Gasteiger charge is 2.15. The fourth-order valence-electron chi connectivity index (χ4n) is 1.90. The van der Waals surface area contributed by atoms with E-state index in [0.29, 0.717) is 6.04 Å². The lowest BCUT2D eigenvalue weighted by atomic mass is 10.0. The standard InChI is InChI=1S/C14H15BrClNS/c1-2-17-12(8-10-6-4-3-5-7-10)13-9-11(16)14(15)18-13/h3-7,9,12,17H,2,8H2,1H3. The van der Waals surface area contributed by atoms with E-state index in [1.165, 1.54) is 10.4 Å². The molecule has 1 aromatic heterocycles. The van der Waals surface area contributed by atoms with Gasteiger partial charge in [-0.05, 0) is 40.5 Å². The van der Waals surface area contributed by atoms with E-state index in [2.05, 4.69) is 52.4 Å². The van der Waals surface area contributed by atoms with E-state index in [1.807, 2.05) is 12.1 Å². The fraction of sp³-hybridized carbons (Fsp3) is 0.286. The average molecular weight is 345 g/mol. The molecule has 1 heterocycles. The molecule has 0 aliphatic carbocycles. The van der Waals surface area contributed by atoms with Crippen LogP contribution in [0.3, 0.4) is 0 Å². The summed E-state index contributed by atoms with van der Waals surface area (Å²) in [5.74, 6) is 0. The molecular weight excluding hydrogens is 330 g/mol. The van der Waals surface area contributed by atoms with Gasteiger partial charge in [-0.2, -0.15) is 0 Å². The first-order chi connectivity index (χ1) is 8.70. The van der Waals surface area contributed by atoms with E-state index < -0.39 is 0 Å². The van der Waals surface area contributed by atoms with Gasteiger partial charge < -0.3 is 5.32 Å². The van der Waals surface area contributed by atoms with Gasteiger partial charge in [0.05, 0.1) is 8.81 Å². The quantitative estimate of drug-likeness (QED) is 0.799. The number of likely N-dealkylation sites (N-methyl/N-ethyl adjacent to an activating group) is 1. The Morgan fingerprint density at radius 2 is 2.06 bits per heavy atom. The van der Waals surface area contributed by atoms with Gasteiger partial charge in [-0.1, -0.05) is 48.9 Å². The van der Waals surface area contributed by atoms with Crippen LogP contribution in [-0.4, -0.2) is 6.54 Å². The molecule has 0 fully saturated rings. The molecule has 2 rings (SSSR count). The molecule has 0 aliphatic heterocycles. The van der Waals surface area contributed by atoms with Crippen molar-refractivity contribution in [2.75, 3.05) is 6.54 Å². The van der Waals surface area contributed by atoms with Crippen molar-refractivity contribution in [2.24, 2.45) is 0 Å². The fourth-order valence-corrected chi connectivity index (χ4v) is 3.73. The molecule has 1 N–H and O–H groups in total. The average Bonchev–Trinajstić information content (AvgIpc) is 2.70. The van der Waals surface area contributed by atoms with E-state index in [0.717, 1.165) is 21.8 Å². The molecule has 96 valence electrons. The summed E-state index contributed by atoms with van der Waals surface area (Å²) in [5.41, 5.74) is 1.34. The van der Waals surface area contributed by atoms with E-state index in [4.69, 9.17) is 11.6 Å². The zero-order valence-electron chi connectivity index (χ0n) is 10.1. The van der Waals surface area contributed by atoms with Crippen LogP contribution in [0.25, 0.3) is 0 Å². The Labute approximate surface area is 125 Å². The zero-order chi connectivity index (χ0) is 13.0. The summed E-state index contributed by atoms with van der Waals surface area (Å²) >= 11 is 11.3. The Kier molecular flexibility index (Phi) is 5.25. The third-order valence-electron chi connectivity index (χ3n) is 2.74. The SMILES string of the molecule is CCNC(Cc1ccccc1)c1cc(Cl)c(Br)s1. The molecular formula is C14H15BrClNS. The number of rotatable bonds is 5. The molecule has 1 nitrogen and oxygen atoms in total. The summed E-state index contributed by atoms with van der Waals surface area (Å²) in [4.78, 5) is 1.28. The molecule has 0 bridgehead atoms. The monoisotopic (exact) mass is 343 g/mol. The van der Waals surface area contributed by atoms with Crippen molar-refractivity contribution < 1.29 is 0 Å². The maximum atomic E-state index is 6.11. The summed E-state index contributed by atoms with van der Waals surface area (Å²) < 4.78 is 1.01. The van der Waals surface area contributed by atoms with Gasteiger partial charge in [0.2, 0.25) is 0 Å². The smallest absolute Gasteiger partial charge is 0.0887 e. The Balaban J connectivity index is 2.18. The van der Waals surface area contributed by atoms with Crippen molar-refractivity contribution in [2.45, 2.75) is 19.4 Å². The van der Waals surface area contributed by atoms with Crippen LogP contribution in [-0.2, 0) is 6.42 Å². The van der Waals surface area contributed by atoms with Gasteiger partial charge in [-0.15, -0.1) is 11.3 Å². The third-order valence-corrected chi connectivity index (χ3v) is 5.33. The predicted molar refractivity (Wildman–Crippen MR) is 83.6 cm³/mol. The van der Waals surface area contributed by atoms with Crippen LogP contribution in [0.2, 0.25) is 5.02 Å². The molecule has 1 unspecified atom stereocenters. The minimum Gasteiger partial charge on any atom is -0.309 e. The van der Waals surface area contributed by atoms with E-state index in [9.17, 15) is 0 Å². The van der Waals surface area contributed by atoms with Crippen molar-refractivity contribution in [1.82, 2.24) is 5.32 Å². The van der Waals surface area contributed by atoms with Crippen molar-refractivity contribution in [3.8, 4) is 0 Å². The number of benzene rings is 1. The van der Waals surface area contributed by atoms with E-state index in [-0.39, 0.29) is 0 Å². The van der Waals surface area contributed by atoms with Crippen LogP contribution in [0.5, 0.6) is 0 Å². The molecule has 0 spiro atoms. The molecule has 4 heteroatoms. The van der Waals surface area contributed by atoms with Crippen molar-refractivity contribution in [3.05, 3.63) is 55.6 Å².